The van der Waals surface area contributed by atoms with Crippen LogP contribution in [0.4, 0.5) is 15.6 Å². The maximum absolute atomic E-state index is 12.4. The maximum atomic E-state index is 12.4. The number of fused-ring (bicyclic) bond motifs is 1. The number of piperazine rings is 1. The number of rotatable bonds is 3. The number of carbonyl (C=O) groups excluding carboxylic acids is 1. The predicted octanol–water partition coefficient (Wildman–Crippen LogP) is 4.21. The summed E-state index contributed by atoms with van der Waals surface area (Å²) in [5.74, 6) is 0. The summed E-state index contributed by atoms with van der Waals surface area (Å²) in [7, 11) is 0. The number of urea groups is 1. The van der Waals surface area contributed by atoms with Crippen molar-refractivity contribution >= 4 is 38.4 Å². The van der Waals surface area contributed by atoms with Crippen LogP contribution in [0.1, 0.15) is 12.5 Å². The number of amides is 2. The number of nitrogens with zero attached hydrogens (tertiary/aromatic N) is 3. The van der Waals surface area contributed by atoms with Crippen LogP contribution in [-0.2, 0) is 6.42 Å². The van der Waals surface area contributed by atoms with Gasteiger partial charge in [0.05, 0.1) is 10.2 Å². The van der Waals surface area contributed by atoms with E-state index in [4.69, 9.17) is 4.98 Å². The fourth-order valence-corrected chi connectivity index (χ4v) is 4.22. The number of hydrogen-bond acceptors (Lipinski definition) is 4. The summed E-state index contributed by atoms with van der Waals surface area (Å²) in [5.41, 5.74) is 3.24. The van der Waals surface area contributed by atoms with E-state index in [1.807, 2.05) is 35.2 Å². The van der Waals surface area contributed by atoms with Gasteiger partial charge in [0, 0.05) is 31.9 Å². The molecule has 2 aromatic carbocycles. The lowest BCUT2D eigenvalue weighted by Crippen LogP contribution is -2.50. The van der Waals surface area contributed by atoms with Crippen LogP contribution in [0.15, 0.2) is 48.5 Å². The fraction of sp³-hybridized carbons (Fsp3) is 0.300. The Hall–Kier alpha value is -2.60. The van der Waals surface area contributed by atoms with Gasteiger partial charge in [-0.05, 0) is 36.2 Å². The van der Waals surface area contributed by atoms with E-state index >= 15 is 0 Å². The van der Waals surface area contributed by atoms with Crippen LogP contribution in [0.3, 0.4) is 0 Å². The fourth-order valence-electron chi connectivity index (χ4n) is 3.14. The first-order valence-corrected chi connectivity index (χ1v) is 9.80. The van der Waals surface area contributed by atoms with Crippen molar-refractivity contribution in [3.8, 4) is 0 Å². The van der Waals surface area contributed by atoms with Gasteiger partial charge < -0.3 is 15.1 Å². The lowest BCUT2D eigenvalue weighted by molar-refractivity contribution is 0.208. The van der Waals surface area contributed by atoms with E-state index in [2.05, 4.69) is 35.3 Å². The zero-order valence-electron chi connectivity index (χ0n) is 14.8. The van der Waals surface area contributed by atoms with E-state index in [1.54, 1.807) is 11.3 Å². The van der Waals surface area contributed by atoms with Crippen molar-refractivity contribution in [1.82, 2.24) is 9.88 Å². The van der Waals surface area contributed by atoms with Crippen molar-refractivity contribution in [1.29, 1.82) is 0 Å². The molecule has 5 nitrogen and oxygen atoms in total. The second-order valence-corrected chi connectivity index (χ2v) is 7.43. The summed E-state index contributed by atoms with van der Waals surface area (Å²) in [6.07, 6.45) is 1.04. The summed E-state index contributed by atoms with van der Waals surface area (Å²) < 4.78 is 1.24. The van der Waals surface area contributed by atoms with Crippen molar-refractivity contribution in [3.05, 3.63) is 54.1 Å². The van der Waals surface area contributed by atoms with Gasteiger partial charge in [-0.3, -0.25) is 0 Å². The largest absolute Gasteiger partial charge is 0.345 e. The number of aryl methyl sites for hydroxylation is 1. The van der Waals surface area contributed by atoms with Gasteiger partial charge in [-0.2, -0.15) is 0 Å². The molecule has 26 heavy (non-hydrogen) atoms. The maximum Gasteiger partial charge on any atom is 0.321 e. The minimum Gasteiger partial charge on any atom is -0.345 e. The van der Waals surface area contributed by atoms with Crippen molar-refractivity contribution < 1.29 is 4.79 Å². The minimum atomic E-state index is -0.0345. The average molecular weight is 366 g/mol. The van der Waals surface area contributed by atoms with E-state index in [-0.39, 0.29) is 6.03 Å². The van der Waals surface area contributed by atoms with Gasteiger partial charge in [0.15, 0.2) is 5.13 Å². The molecule has 0 spiro atoms. The molecular weight excluding hydrogens is 344 g/mol. The molecule has 0 atom stereocenters. The molecule has 1 aliphatic rings. The molecular formula is C20H22N4OS. The van der Waals surface area contributed by atoms with Crippen LogP contribution < -0.4 is 10.2 Å². The molecule has 0 saturated carbocycles. The van der Waals surface area contributed by atoms with E-state index in [0.29, 0.717) is 13.1 Å². The lowest BCUT2D eigenvalue weighted by atomic mass is 10.2. The normalized spacial score (nSPS) is 14.7. The molecule has 4 rings (SSSR count). The number of anilines is 2. The number of carbonyl (C=O) groups is 1. The Morgan fingerprint density at radius 2 is 1.88 bits per heavy atom. The van der Waals surface area contributed by atoms with Crippen LogP contribution in [0.25, 0.3) is 10.2 Å². The smallest absolute Gasteiger partial charge is 0.321 e. The molecule has 1 saturated heterocycles. The van der Waals surface area contributed by atoms with Crippen LogP contribution in [0.2, 0.25) is 0 Å². The van der Waals surface area contributed by atoms with Gasteiger partial charge in [0.1, 0.15) is 0 Å². The van der Waals surface area contributed by atoms with Crippen LogP contribution in [-0.4, -0.2) is 42.1 Å². The highest BCUT2D eigenvalue weighted by Gasteiger charge is 2.23. The SMILES string of the molecule is CCc1ccc2nc(N3CCN(C(=O)Nc4ccccc4)CC3)sc2c1. The Morgan fingerprint density at radius 3 is 2.62 bits per heavy atom. The van der Waals surface area contributed by atoms with E-state index in [9.17, 15) is 4.79 Å². The van der Waals surface area contributed by atoms with E-state index in [0.717, 1.165) is 35.8 Å². The van der Waals surface area contributed by atoms with Crippen molar-refractivity contribution in [2.75, 3.05) is 36.4 Å². The standard InChI is InChI=1S/C20H22N4OS/c1-2-15-8-9-17-18(14-15)26-20(22-17)24-12-10-23(11-13-24)19(25)21-16-6-4-3-5-7-16/h3-9,14H,2,10-13H2,1H3,(H,21,25). The Kier molecular flexibility index (Phi) is 4.75. The number of thiazole rings is 1. The summed E-state index contributed by atoms with van der Waals surface area (Å²) in [6.45, 7) is 5.19. The van der Waals surface area contributed by atoms with Gasteiger partial charge >= 0.3 is 6.03 Å². The highest BCUT2D eigenvalue weighted by molar-refractivity contribution is 7.22. The van der Waals surface area contributed by atoms with Gasteiger partial charge in [0.25, 0.3) is 0 Å². The second-order valence-electron chi connectivity index (χ2n) is 6.42. The number of aromatic nitrogens is 1. The zero-order chi connectivity index (χ0) is 17.9. The first-order chi connectivity index (χ1) is 12.7. The molecule has 134 valence electrons. The lowest BCUT2D eigenvalue weighted by Gasteiger charge is -2.34. The summed E-state index contributed by atoms with van der Waals surface area (Å²) >= 11 is 1.74. The summed E-state index contributed by atoms with van der Waals surface area (Å²) in [6, 6.07) is 16.0. The van der Waals surface area contributed by atoms with Gasteiger partial charge in [-0.1, -0.05) is 42.5 Å². The molecule has 1 N–H and O–H groups in total. The third kappa shape index (κ3) is 3.51. The highest BCUT2D eigenvalue weighted by atomic mass is 32.1. The zero-order valence-corrected chi connectivity index (χ0v) is 15.6. The summed E-state index contributed by atoms with van der Waals surface area (Å²) in [4.78, 5) is 21.3. The van der Waals surface area contributed by atoms with Crippen molar-refractivity contribution in [2.45, 2.75) is 13.3 Å². The molecule has 1 fully saturated rings. The Labute approximate surface area is 157 Å². The summed E-state index contributed by atoms with van der Waals surface area (Å²) in [5, 5.41) is 4.01. The van der Waals surface area contributed by atoms with E-state index < -0.39 is 0 Å². The quantitative estimate of drug-likeness (QED) is 0.755. The van der Waals surface area contributed by atoms with Gasteiger partial charge in [0.2, 0.25) is 0 Å². The van der Waals surface area contributed by atoms with E-state index in [1.165, 1.54) is 10.3 Å². The first-order valence-electron chi connectivity index (χ1n) is 8.98. The van der Waals surface area contributed by atoms with Crippen LogP contribution in [0.5, 0.6) is 0 Å². The Morgan fingerprint density at radius 1 is 1.12 bits per heavy atom. The number of benzene rings is 2. The minimum absolute atomic E-state index is 0.0345. The Balaban J connectivity index is 1.39. The van der Waals surface area contributed by atoms with Gasteiger partial charge in [-0.25, -0.2) is 9.78 Å². The molecule has 2 heterocycles. The van der Waals surface area contributed by atoms with Crippen LogP contribution >= 0.6 is 11.3 Å². The van der Waals surface area contributed by atoms with Gasteiger partial charge in [-0.15, -0.1) is 0 Å². The topological polar surface area (TPSA) is 48.5 Å². The number of hydrogen-bond donors (Lipinski definition) is 1. The molecule has 1 aromatic heterocycles. The molecule has 6 heteroatoms. The molecule has 0 radical (unpaired) electrons. The first kappa shape index (κ1) is 16.8. The second kappa shape index (κ2) is 7.33. The third-order valence-electron chi connectivity index (χ3n) is 4.71. The number of nitrogens with one attached hydrogen (secondary N) is 1. The van der Waals surface area contributed by atoms with Crippen LogP contribution in [0, 0.1) is 0 Å². The molecule has 1 aliphatic heterocycles. The molecule has 0 bridgehead atoms. The average Bonchev–Trinajstić information content (AvgIpc) is 3.12. The molecule has 0 unspecified atom stereocenters. The highest BCUT2D eigenvalue weighted by Crippen LogP contribution is 2.30. The molecule has 3 aromatic rings. The molecule has 2 amide bonds. The Bertz CT molecular complexity index is 901. The van der Waals surface area contributed by atoms with Crippen molar-refractivity contribution in [3.63, 3.8) is 0 Å². The van der Waals surface area contributed by atoms with Crippen molar-refractivity contribution in [2.24, 2.45) is 0 Å². The third-order valence-corrected chi connectivity index (χ3v) is 5.79. The predicted molar refractivity (Wildman–Crippen MR) is 108 cm³/mol. The monoisotopic (exact) mass is 366 g/mol. The molecule has 0 aliphatic carbocycles. The number of para-hydroxylation sites is 1.